The summed E-state index contributed by atoms with van der Waals surface area (Å²) >= 11 is 1.77. The van der Waals surface area contributed by atoms with E-state index in [0.717, 1.165) is 11.3 Å². The largest absolute Gasteiger partial charge is 0.204 e. The van der Waals surface area contributed by atoms with Crippen molar-refractivity contribution < 1.29 is 0 Å². The molecule has 0 atom stereocenters. The van der Waals surface area contributed by atoms with Crippen molar-refractivity contribution >= 4 is 17.4 Å². The van der Waals surface area contributed by atoms with Crippen LogP contribution in [0.1, 0.15) is 16.7 Å². The van der Waals surface area contributed by atoms with Crippen LogP contribution in [0.15, 0.2) is 51.3 Å². The fourth-order valence-corrected chi connectivity index (χ4v) is 2.86. The first-order chi connectivity index (χ1) is 8.61. The molecule has 0 aliphatic carbocycles. The van der Waals surface area contributed by atoms with E-state index in [0.29, 0.717) is 0 Å². The second-order valence-electron chi connectivity index (χ2n) is 4.38. The maximum Gasteiger partial charge on any atom is 0.0882 e. The average molecular weight is 256 g/mol. The van der Waals surface area contributed by atoms with Crippen LogP contribution in [-0.2, 0) is 0 Å². The first-order valence-electron chi connectivity index (χ1n) is 5.84. The standard InChI is InChI=1S/C15H16N2S/c1-10-6-4-5-7-14(10)18-15-9-11(2)13(17-16)8-12(15)3/h4-9,16H,1-3H3. The summed E-state index contributed by atoms with van der Waals surface area (Å²) in [6.07, 6.45) is 0. The number of rotatable bonds is 3. The van der Waals surface area contributed by atoms with Gasteiger partial charge in [0.2, 0.25) is 0 Å². The van der Waals surface area contributed by atoms with E-state index in [4.69, 9.17) is 5.53 Å². The van der Waals surface area contributed by atoms with E-state index >= 15 is 0 Å². The van der Waals surface area contributed by atoms with Gasteiger partial charge in [-0.1, -0.05) is 30.0 Å². The Morgan fingerprint density at radius 1 is 0.889 bits per heavy atom. The number of nitrogens with zero attached hydrogens (tertiary/aromatic N) is 1. The van der Waals surface area contributed by atoms with Crippen molar-refractivity contribution in [2.45, 2.75) is 30.6 Å². The molecule has 2 aromatic carbocycles. The number of aryl methyl sites for hydroxylation is 3. The Bertz CT molecular complexity index is 591. The number of nitrogens with one attached hydrogen (secondary N) is 1. The third-order valence-electron chi connectivity index (χ3n) is 2.93. The maximum atomic E-state index is 7.13. The fourth-order valence-electron chi connectivity index (χ4n) is 1.79. The summed E-state index contributed by atoms with van der Waals surface area (Å²) in [5, 5.41) is 3.54. The molecule has 0 radical (unpaired) electrons. The minimum atomic E-state index is 0.752. The number of benzene rings is 2. The Morgan fingerprint density at radius 3 is 2.28 bits per heavy atom. The molecule has 2 nitrogen and oxygen atoms in total. The van der Waals surface area contributed by atoms with Crippen LogP contribution in [0.5, 0.6) is 0 Å². The third kappa shape index (κ3) is 2.62. The zero-order valence-corrected chi connectivity index (χ0v) is 11.6. The molecule has 0 aliphatic heterocycles. The molecule has 0 amide bonds. The molecule has 0 bridgehead atoms. The number of hydrogen-bond acceptors (Lipinski definition) is 3. The van der Waals surface area contributed by atoms with Gasteiger partial charge in [-0.15, -0.1) is 0 Å². The van der Waals surface area contributed by atoms with Gasteiger partial charge in [0.1, 0.15) is 0 Å². The Kier molecular flexibility index (Phi) is 3.82. The second-order valence-corrected chi connectivity index (χ2v) is 5.47. The topological polar surface area (TPSA) is 36.2 Å². The van der Waals surface area contributed by atoms with Crippen LogP contribution < -0.4 is 0 Å². The van der Waals surface area contributed by atoms with Gasteiger partial charge in [-0.3, -0.25) is 0 Å². The molecule has 0 saturated carbocycles. The fraction of sp³-hybridized carbons (Fsp3) is 0.200. The molecule has 92 valence electrons. The van der Waals surface area contributed by atoms with Crippen molar-refractivity contribution in [3.05, 3.63) is 53.1 Å². The lowest BCUT2D eigenvalue weighted by Gasteiger charge is -2.10. The summed E-state index contributed by atoms with van der Waals surface area (Å²) < 4.78 is 0. The molecule has 3 heteroatoms. The lowest BCUT2D eigenvalue weighted by atomic mass is 10.1. The Morgan fingerprint density at radius 2 is 1.61 bits per heavy atom. The van der Waals surface area contributed by atoms with Gasteiger partial charge in [-0.05, 0) is 55.7 Å². The van der Waals surface area contributed by atoms with Crippen molar-refractivity contribution in [1.29, 1.82) is 5.53 Å². The quantitative estimate of drug-likeness (QED) is 0.731. The van der Waals surface area contributed by atoms with E-state index in [1.165, 1.54) is 20.9 Å². The molecule has 0 fully saturated rings. The second kappa shape index (κ2) is 5.36. The summed E-state index contributed by atoms with van der Waals surface area (Å²) in [7, 11) is 0. The van der Waals surface area contributed by atoms with Crippen molar-refractivity contribution in [1.82, 2.24) is 0 Å². The van der Waals surface area contributed by atoms with Crippen LogP contribution in [-0.4, -0.2) is 0 Å². The van der Waals surface area contributed by atoms with Gasteiger partial charge in [0, 0.05) is 9.79 Å². The lowest BCUT2D eigenvalue weighted by molar-refractivity contribution is 1.11. The van der Waals surface area contributed by atoms with Crippen molar-refractivity contribution in [2.24, 2.45) is 5.11 Å². The minimum absolute atomic E-state index is 0.752. The molecule has 0 unspecified atom stereocenters. The highest BCUT2D eigenvalue weighted by atomic mass is 32.2. The van der Waals surface area contributed by atoms with Crippen LogP contribution in [0, 0.1) is 26.3 Å². The third-order valence-corrected chi connectivity index (χ3v) is 4.27. The number of hydrogen-bond donors (Lipinski definition) is 1. The highest BCUT2D eigenvalue weighted by Crippen LogP contribution is 2.35. The van der Waals surface area contributed by atoms with Gasteiger partial charge in [0.25, 0.3) is 0 Å². The van der Waals surface area contributed by atoms with Gasteiger partial charge in [0.05, 0.1) is 5.69 Å². The van der Waals surface area contributed by atoms with Crippen LogP contribution in [0.2, 0.25) is 0 Å². The van der Waals surface area contributed by atoms with Crippen molar-refractivity contribution in [3.63, 3.8) is 0 Å². The molecule has 0 spiro atoms. The Balaban J connectivity index is 2.38. The minimum Gasteiger partial charge on any atom is -0.204 e. The van der Waals surface area contributed by atoms with E-state index in [1.54, 1.807) is 11.8 Å². The van der Waals surface area contributed by atoms with E-state index in [1.807, 2.05) is 13.0 Å². The van der Waals surface area contributed by atoms with E-state index < -0.39 is 0 Å². The zero-order chi connectivity index (χ0) is 13.1. The highest BCUT2D eigenvalue weighted by Gasteiger charge is 2.07. The first kappa shape index (κ1) is 12.8. The molecule has 1 N–H and O–H groups in total. The van der Waals surface area contributed by atoms with Crippen LogP contribution in [0.3, 0.4) is 0 Å². The molecule has 0 aromatic heterocycles. The van der Waals surface area contributed by atoms with Crippen molar-refractivity contribution in [2.75, 3.05) is 0 Å². The summed E-state index contributed by atoms with van der Waals surface area (Å²) in [6.45, 7) is 6.18. The molecule has 0 aliphatic rings. The average Bonchev–Trinajstić information content (AvgIpc) is 2.36. The lowest BCUT2D eigenvalue weighted by Crippen LogP contribution is -1.85. The van der Waals surface area contributed by atoms with Crippen LogP contribution >= 0.6 is 11.8 Å². The van der Waals surface area contributed by atoms with Crippen molar-refractivity contribution in [3.8, 4) is 0 Å². The smallest absolute Gasteiger partial charge is 0.0882 e. The monoisotopic (exact) mass is 256 g/mol. The summed E-state index contributed by atoms with van der Waals surface area (Å²) in [5.74, 6) is 0. The molecule has 2 aromatic rings. The molecular weight excluding hydrogens is 240 g/mol. The normalized spacial score (nSPS) is 10.4. The van der Waals surface area contributed by atoms with E-state index in [9.17, 15) is 0 Å². The first-order valence-corrected chi connectivity index (χ1v) is 6.65. The van der Waals surface area contributed by atoms with Crippen LogP contribution in [0.25, 0.3) is 0 Å². The predicted molar refractivity (Wildman–Crippen MR) is 76.0 cm³/mol. The zero-order valence-electron chi connectivity index (χ0n) is 10.8. The van der Waals surface area contributed by atoms with E-state index in [-0.39, 0.29) is 0 Å². The molecule has 0 saturated heterocycles. The van der Waals surface area contributed by atoms with E-state index in [2.05, 4.69) is 49.3 Å². The van der Waals surface area contributed by atoms with Gasteiger partial charge >= 0.3 is 0 Å². The predicted octanol–water partition coefficient (Wildman–Crippen LogP) is 5.43. The molecule has 0 heterocycles. The van der Waals surface area contributed by atoms with Gasteiger partial charge in [0.15, 0.2) is 0 Å². The Hall–Kier alpha value is -1.61. The van der Waals surface area contributed by atoms with Gasteiger partial charge < -0.3 is 0 Å². The highest BCUT2D eigenvalue weighted by molar-refractivity contribution is 7.99. The summed E-state index contributed by atoms with van der Waals surface area (Å²) in [5.41, 5.74) is 11.4. The van der Waals surface area contributed by atoms with Crippen LogP contribution in [0.4, 0.5) is 5.69 Å². The molecule has 2 rings (SSSR count). The maximum absolute atomic E-state index is 7.13. The van der Waals surface area contributed by atoms with Gasteiger partial charge in [-0.25, -0.2) is 5.53 Å². The SMILES string of the molecule is Cc1cc(Sc2ccccc2C)c(C)cc1N=N. The van der Waals surface area contributed by atoms with Gasteiger partial charge in [-0.2, -0.15) is 5.11 Å². The summed E-state index contributed by atoms with van der Waals surface area (Å²) in [4.78, 5) is 2.50. The molecular formula is C15H16N2S. The summed E-state index contributed by atoms with van der Waals surface area (Å²) in [6, 6.07) is 12.5. The Labute approximate surface area is 112 Å². The molecule has 18 heavy (non-hydrogen) atoms.